The molecule has 0 aromatic heterocycles. The number of ether oxygens (including phenoxy) is 1. The Kier molecular flexibility index (Phi) is 5.92. The van der Waals surface area contributed by atoms with E-state index in [-0.39, 0.29) is 6.04 Å². The smallest absolute Gasteiger partial charge is 0.264 e. The van der Waals surface area contributed by atoms with E-state index in [0.717, 1.165) is 32.5 Å². The molecule has 2 heterocycles. The molecule has 158 valence electrons. The van der Waals surface area contributed by atoms with E-state index in [4.69, 9.17) is 9.73 Å². The van der Waals surface area contributed by atoms with Crippen LogP contribution >= 0.6 is 0 Å². The molecular weight excluding hydrogens is 398 g/mol. The molecule has 2 aromatic carbocycles. The molecule has 4 rings (SSSR count). The summed E-state index contributed by atoms with van der Waals surface area (Å²) in [4.78, 5) is 7.50. The number of hydrogen-bond acceptors (Lipinski definition) is 5. The third-order valence-electron chi connectivity index (χ3n) is 5.67. The molecule has 0 bridgehead atoms. The molecule has 1 N–H and O–H groups in total. The maximum absolute atomic E-state index is 12.7. The Bertz CT molecular complexity index is 1050. The summed E-state index contributed by atoms with van der Waals surface area (Å²) < 4.78 is 33.3. The summed E-state index contributed by atoms with van der Waals surface area (Å²) in [6, 6.07) is 17.6. The molecule has 1 saturated heterocycles. The van der Waals surface area contributed by atoms with Gasteiger partial charge in [0, 0.05) is 25.2 Å². The number of likely N-dealkylation sites (tertiary alicyclic amines) is 1. The lowest BCUT2D eigenvalue weighted by atomic mass is 10.0. The van der Waals surface area contributed by atoms with Crippen LogP contribution in [0.3, 0.4) is 0 Å². The molecule has 7 heteroatoms. The molecule has 2 aliphatic heterocycles. The molecule has 1 fully saturated rings. The Morgan fingerprint density at radius 1 is 1.07 bits per heavy atom. The lowest BCUT2D eigenvalue weighted by Gasteiger charge is -2.30. The number of rotatable bonds is 5. The van der Waals surface area contributed by atoms with Crippen molar-refractivity contribution in [3.8, 4) is 5.75 Å². The molecule has 0 radical (unpaired) electrons. The van der Waals surface area contributed by atoms with E-state index in [1.807, 2.05) is 13.0 Å². The van der Waals surface area contributed by atoms with Gasteiger partial charge < -0.3 is 4.74 Å². The maximum atomic E-state index is 12.7. The number of piperidine rings is 1. The van der Waals surface area contributed by atoms with Crippen LogP contribution in [-0.4, -0.2) is 45.4 Å². The van der Waals surface area contributed by atoms with Gasteiger partial charge in [-0.1, -0.05) is 30.3 Å². The van der Waals surface area contributed by atoms with Crippen LogP contribution in [0.25, 0.3) is 4.91 Å². The van der Waals surface area contributed by atoms with Gasteiger partial charge in [0.15, 0.2) is 0 Å². The van der Waals surface area contributed by atoms with Crippen molar-refractivity contribution in [2.75, 3.05) is 20.2 Å². The van der Waals surface area contributed by atoms with Crippen molar-refractivity contribution in [1.82, 2.24) is 9.62 Å². The lowest BCUT2D eigenvalue weighted by Crippen LogP contribution is -2.36. The van der Waals surface area contributed by atoms with Crippen LogP contribution in [0.1, 0.15) is 30.9 Å². The number of nitrogens with one attached hydrogen (secondary N) is 1. The lowest BCUT2D eigenvalue weighted by molar-refractivity contribution is 0.206. The number of benzene rings is 2. The fourth-order valence-electron chi connectivity index (χ4n) is 4.03. The van der Waals surface area contributed by atoms with Gasteiger partial charge in [-0.05, 0) is 55.2 Å². The summed E-state index contributed by atoms with van der Waals surface area (Å²) in [7, 11) is -2.03. The number of amidine groups is 1. The minimum atomic E-state index is -3.61. The topological polar surface area (TPSA) is 71.0 Å². The first-order chi connectivity index (χ1) is 14.5. The third-order valence-corrected chi connectivity index (χ3v) is 7.21. The number of nitrogens with zero attached hydrogens (tertiary/aromatic N) is 2. The monoisotopic (exact) mass is 425 g/mol. The predicted molar refractivity (Wildman–Crippen MR) is 120 cm³/mol. The fourth-order valence-corrected chi connectivity index (χ4v) is 5.54. The standard InChI is InChI=1S/C23H27N3O3S/c1-17-22(19-8-10-21(29-2)11-9-19)30(27,28)25-23(17)24-20-12-14-26(15-13-20)16-18-6-4-3-5-7-18/h3-11,20H,12-16H2,1-2H3,(H,24,25). The Labute approximate surface area is 178 Å². The van der Waals surface area contributed by atoms with Crippen molar-refractivity contribution in [3.63, 3.8) is 0 Å². The molecular formula is C23H27N3O3S. The fraction of sp³-hybridized carbons (Fsp3) is 0.348. The zero-order chi connectivity index (χ0) is 21.1. The summed E-state index contributed by atoms with van der Waals surface area (Å²) in [5.74, 6) is 1.17. The second-order valence-corrected chi connectivity index (χ2v) is 9.38. The minimum Gasteiger partial charge on any atom is -0.497 e. The maximum Gasteiger partial charge on any atom is 0.264 e. The summed E-state index contributed by atoms with van der Waals surface area (Å²) in [5, 5.41) is 0. The highest BCUT2D eigenvalue weighted by Gasteiger charge is 2.33. The van der Waals surface area contributed by atoms with Crippen molar-refractivity contribution >= 4 is 20.8 Å². The van der Waals surface area contributed by atoms with Gasteiger partial charge >= 0.3 is 0 Å². The first kappa shape index (κ1) is 20.6. The minimum absolute atomic E-state index is 0.125. The van der Waals surface area contributed by atoms with Crippen molar-refractivity contribution in [2.45, 2.75) is 32.4 Å². The zero-order valence-corrected chi connectivity index (χ0v) is 18.2. The van der Waals surface area contributed by atoms with E-state index in [9.17, 15) is 8.42 Å². The molecule has 0 atom stereocenters. The summed E-state index contributed by atoms with van der Waals surface area (Å²) >= 11 is 0. The van der Waals surface area contributed by atoms with Crippen LogP contribution in [0, 0.1) is 0 Å². The van der Waals surface area contributed by atoms with Gasteiger partial charge in [0.05, 0.1) is 13.2 Å². The second-order valence-electron chi connectivity index (χ2n) is 7.76. The van der Waals surface area contributed by atoms with Gasteiger partial charge in [-0.2, -0.15) is 0 Å². The zero-order valence-electron chi connectivity index (χ0n) is 17.3. The van der Waals surface area contributed by atoms with Crippen LogP contribution < -0.4 is 9.46 Å². The molecule has 2 aliphatic rings. The van der Waals surface area contributed by atoms with Gasteiger partial charge in [0.2, 0.25) is 0 Å². The number of hydrogen-bond donors (Lipinski definition) is 1. The van der Waals surface area contributed by atoms with E-state index in [0.29, 0.717) is 27.6 Å². The molecule has 0 aliphatic carbocycles. The van der Waals surface area contributed by atoms with Crippen molar-refractivity contribution in [1.29, 1.82) is 0 Å². The Balaban J connectivity index is 1.47. The Hall–Kier alpha value is -2.64. The van der Waals surface area contributed by atoms with Crippen LogP contribution in [0.4, 0.5) is 0 Å². The predicted octanol–water partition coefficient (Wildman–Crippen LogP) is 3.42. The highest BCUT2D eigenvalue weighted by Crippen LogP contribution is 2.31. The first-order valence-corrected chi connectivity index (χ1v) is 11.7. The summed E-state index contributed by atoms with van der Waals surface area (Å²) in [5.41, 5.74) is 2.63. The van der Waals surface area contributed by atoms with Crippen molar-refractivity contribution in [3.05, 3.63) is 71.3 Å². The van der Waals surface area contributed by atoms with Crippen molar-refractivity contribution < 1.29 is 13.2 Å². The van der Waals surface area contributed by atoms with Gasteiger partial charge in [-0.25, -0.2) is 8.42 Å². The first-order valence-electron chi connectivity index (χ1n) is 10.2. The van der Waals surface area contributed by atoms with Crippen LogP contribution in [0.15, 0.2) is 65.2 Å². The van der Waals surface area contributed by atoms with Crippen LogP contribution in [0.5, 0.6) is 5.75 Å². The SMILES string of the molecule is COc1ccc(C2=C(C)C(=NC3CCN(Cc4ccccc4)CC3)NS2(=O)=O)cc1. The third kappa shape index (κ3) is 4.42. The van der Waals surface area contributed by atoms with Gasteiger partial charge in [-0.3, -0.25) is 14.6 Å². The van der Waals surface area contributed by atoms with E-state index in [1.165, 1.54) is 5.56 Å². The van der Waals surface area contributed by atoms with Crippen LogP contribution in [-0.2, 0) is 16.6 Å². The summed E-state index contributed by atoms with van der Waals surface area (Å²) in [6.45, 7) is 4.67. The number of sulfonamides is 1. The largest absolute Gasteiger partial charge is 0.497 e. The molecule has 30 heavy (non-hydrogen) atoms. The molecule has 6 nitrogen and oxygen atoms in total. The molecule has 0 saturated carbocycles. The van der Waals surface area contributed by atoms with E-state index >= 15 is 0 Å². The highest BCUT2D eigenvalue weighted by molar-refractivity contribution is 8.00. The van der Waals surface area contributed by atoms with Crippen molar-refractivity contribution in [2.24, 2.45) is 4.99 Å². The van der Waals surface area contributed by atoms with Gasteiger partial charge in [-0.15, -0.1) is 0 Å². The average Bonchev–Trinajstić information content (AvgIpc) is 2.98. The quantitative estimate of drug-likeness (QED) is 0.797. The van der Waals surface area contributed by atoms with E-state index < -0.39 is 10.0 Å². The van der Waals surface area contributed by atoms with Gasteiger partial charge in [0.1, 0.15) is 16.5 Å². The molecule has 0 unspecified atom stereocenters. The normalized spacial score (nSPS) is 21.1. The highest BCUT2D eigenvalue weighted by atomic mass is 32.2. The summed E-state index contributed by atoms with van der Waals surface area (Å²) in [6.07, 6.45) is 1.84. The Morgan fingerprint density at radius 2 is 1.73 bits per heavy atom. The van der Waals surface area contributed by atoms with Crippen LogP contribution in [0.2, 0.25) is 0 Å². The Morgan fingerprint density at radius 3 is 2.37 bits per heavy atom. The average molecular weight is 426 g/mol. The van der Waals surface area contributed by atoms with E-state index in [1.54, 1.807) is 31.4 Å². The molecule has 0 spiro atoms. The number of methoxy groups -OCH3 is 1. The molecule has 0 amide bonds. The molecule has 2 aromatic rings. The van der Waals surface area contributed by atoms with Gasteiger partial charge in [0.25, 0.3) is 10.0 Å². The second kappa shape index (κ2) is 8.62. The van der Waals surface area contributed by atoms with E-state index in [2.05, 4.69) is 33.9 Å². The number of aliphatic imine (C=N–C) groups is 1.